The van der Waals surface area contributed by atoms with Crippen LogP contribution in [0, 0.1) is 0 Å². The van der Waals surface area contributed by atoms with E-state index in [2.05, 4.69) is 36.5 Å². The lowest BCUT2D eigenvalue weighted by Crippen LogP contribution is -2.27. The molecule has 0 radical (unpaired) electrons. The quantitative estimate of drug-likeness (QED) is 0.425. The van der Waals surface area contributed by atoms with E-state index in [0.29, 0.717) is 41.4 Å². The molecule has 0 spiro atoms. The van der Waals surface area contributed by atoms with Gasteiger partial charge in [0.2, 0.25) is 0 Å². The number of fused-ring (bicyclic) bond motifs is 1. The Hall–Kier alpha value is -3.20. The minimum absolute atomic E-state index is 0.182. The maximum atomic E-state index is 13.2. The van der Waals surface area contributed by atoms with Crippen LogP contribution in [0.25, 0.3) is 22.4 Å². The highest BCUT2D eigenvalue weighted by Gasteiger charge is 2.29. The number of hydrogen-bond donors (Lipinski definition) is 1. The number of benzene rings is 1. The molecule has 3 aromatic heterocycles. The van der Waals surface area contributed by atoms with Gasteiger partial charge in [0.1, 0.15) is 11.4 Å². The molecule has 1 aromatic carbocycles. The molecule has 1 N–H and O–H groups in total. The number of aromatic nitrogens is 4. The fourth-order valence-corrected chi connectivity index (χ4v) is 3.85. The molecule has 1 aliphatic rings. The molecule has 31 heavy (non-hydrogen) atoms. The molecule has 9 heteroatoms. The zero-order valence-corrected chi connectivity index (χ0v) is 18.4. The van der Waals surface area contributed by atoms with Crippen LogP contribution >= 0.6 is 15.9 Å². The Kier molecular flexibility index (Phi) is 5.19. The van der Waals surface area contributed by atoms with Gasteiger partial charge in [-0.1, -0.05) is 5.16 Å². The number of carbonyl (C=O) groups excluding carboxylic acids is 1. The largest absolute Gasteiger partial charge is 0.497 e. The SMILES string of the molecule is COc1ccc(-c2noc3nc(C4CC4)cc(C(=O)NCCn4cc(Br)cn4)c23)cc1. The molecular weight excluding hydrogens is 462 g/mol. The first-order valence-electron chi connectivity index (χ1n) is 10.0. The number of pyridine rings is 1. The number of halogens is 1. The molecule has 3 heterocycles. The highest BCUT2D eigenvalue weighted by molar-refractivity contribution is 9.10. The molecule has 1 aliphatic carbocycles. The monoisotopic (exact) mass is 481 g/mol. The number of carbonyl (C=O) groups is 1. The molecule has 0 atom stereocenters. The fraction of sp³-hybridized carbons (Fsp3) is 0.273. The van der Waals surface area contributed by atoms with Crippen molar-refractivity contribution in [2.45, 2.75) is 25.3 Å². The number of nitrogens with zero attached hydrogens (tertiary/aromatic N) is 4. The molecule has 5 rings (SSSR count). The van der Waals surface area contributed by atoms with Gasteiger partial charge in [-0.25, -0.2) is 4.98 Å². The number of nitrogens with one attached hydrogen (secondary N) is 1. The minimum Gasteiger partial charge on any atom is -0.497 e. The first-order valence-corrected chi connectivity index (χ1v) is 10.8. The molecule has 0 bridgehead atoms. The van der Waals surface area contributed by atoms with Crippen LogP contribution in [-0.2, 0) is 6.54 Å². The normalized spacial score (nSPS) is 13.5. The van der Waals surface area contributed by atoms with E-state index in [0.717, 1.165) is 34.3 Å². The van der Waals surface area contributed by atoms with Gasteiger partial charge in [-0.2, -0.15) is 5.10 Å². The third-order valence-corrected chi connectivity index (χ3v) is 5.71. The minimum atomic E-state index is -0.182. The van der Waals surface area contributed by atoms with Gasteiger partial charge in [0.05, 0.1) is 35.3 Å². The summed E-state index contributed by atoms with van der Waals surface area (Å²) >= 11 is 3.38. The van der Waals surface area contributed by atoms with E-state index < -0.39 is 0 Å². The van der Waals surface area contributed by atoms with E-state index in [1.807, 2.05) is 36.5 Å². The zero-order chi connectivity index (χ0) is 21.4. The van der Waals surface area contributed by atoms with Crippen LogP contribution in [0.2, 0.25) is 0 Å². The first-order chi connectivity index (χ1) is 15.1. The predicted molar refractivity (Wildman–Crippen MR) is 118 cm³/mol. The van der Waals surface area contributed by atoms with Crippen molar-refractivity contribution in [2.24, 2.45) is 0 Å². The third kappa shape index (κ3) is 4.05. The zero-order valence-electron chi connectivity index (χ0n) is 16.8. The number of hydrogen-bond acceptors (Lipinski definition) is 6. The summed E-state index contributed by atoms with van der Waals surface area (Å²) in [5, 5.41) is 12.1. The lowest BCUT2D eigenvalue weighted by atomic mass is 10.0. The van der Waals surface area contributed by atoms with E-state index in [9.17, 15) is 4.79 Å². The van der Waals surface area contributed by atoms with Crippen molar-refractivity contribution in [3.63, 3.8) is 0 Å². The molecule has 4 aromatic rings. The van der Waals surface area contributed by atoms with Gasteiger partial charge in [-0.3, -0.25) is 9.48 Å². The van der Waals surface area contributed by atoms with Gasteiger partial charge in [0.25, 0.3) is 11.6 Å². The van der Waals surface area contributed by atoms with Crippen LogP contribution in [0.4, 0.5) is 0 Å². The smallest absolute Gasteiger partial charge is 0.259 e. The Labute approximate surface area is 186 Å². The van der Waals surface area contributed by atoms with E-state index >= 15 is 0 Å². The summed E-state index contributed by atoms with van der Waals surface area (Å²) in [5.41, 5.74) is 3.22. The van der Waals surface area contributed by atoms with Crippen molar-refractivity contribution < 1.29 is 14.1 Å². The number of rotatable bonds is 7. The van der Waals surface area contributed by atoms with Gasteiger partial charge in [0, 0.05) is 29.9 Å². The topological polar surface area (TPSA) is 95.1 Å². The molecule has 1 saturated carbocycles. The molecule has 0 saturated heterocycles. The second-order valence-electron chi connectivity index (χ2n) is 7.49. The van der Waals surface area contributed by atoms with Crippen LogP contribution in [0.3, 0.4) is 0 Å². The van der Waals surface area contributed by atoms with Gasteiger partial charge in [-0.15, -0.1) is 0 Å². The predicted octanol–water partition coefficient (Wildman–Crippen LogP) is 4.16. The Morgan fingerprint density at radius 2 is 2.13 bits per heavy atom. The van der Waals surface area contributed by atoms with Crippen molar-refractivity contribution >= 4 is 32.9 Å². The Morgan fingerprint density at radius 1 is 1.32 bits per heavy atom. The maximum Gasteiger partial charge on any atom is 0.259 e. The van der Waals surface area contributed by atoms with Crippen LogP contribution in [0.15, 0.2) is 51.7 Å². The number of amides is 1. The molecule has 158 valence electrons. The summed E-state index contributed by atoms with van der Waals surface area (Å²) in [6.07, 6.45) is 5.73. The summed E-state index contributed by atoms with van der Waals surface area (Å²) in [6.45, 7) is 1.01. The van der Waals surface area contributed by atoms with Crippen molar-refractivity contribution in [2.75, 3.05) is 13.7 Å². The van der Waals surface area contributed by atoms with Gasteiger partial charge >= 0.3 is 0 Å². The van der Waals surface area contributed by atoms with Crippen LogP contribution in [0.1, 0.15) is 34.8 Å². The highest BCUT2D eigenvalue weighted by Crippen LogP contribution is 2.41. The average molecular weight is 482 g/mol. The van der Waals surface area contributed by atoms with E-state index in [4.69, 9.17) is 9.26 Å². The lowest BCUT2D eigenvalue weighted by Gasteiger charge is -2.09. The maximum absolute atomic E-state index is 13.2. The van der Waals surface area contributed by atoms with Gasteiger partial charge in [-0.05, 0) is 59.1 Å². The molecular formula is C22H20BrN5O3. The Balaban J connectivity index is 1.48. The second kappa shape index (κ2) is 8.14. The van der Waals surface area contributed by atoms with Crippen molar-refractivity contribution in [1.82, 2.24) is 25.2 Å². The first kappa shape index (κ1) is 19.7. The van der Waals surface area contributed by atoms with E-state index in [1.165, 1.54) is 0 Å². The molecule has 0 aliphatic heterocycles. The van der Waals surface area contributed by atoms with Crippen LogP contribution < -0.4 is 10.1 Å². The summed E-state index contributed by atoms with van der Waals surface area (Å²) < 4.78 is 13.5. The number of methoxy groups -OCH3 is 1. The highest BCUT2D eigenvalue weighted by atomic mass is 79.9. The lowest BCUT2D eigenvalue weighted by molar-refractivity contribution is 0.0953. The Bertz CT molecular complexity index is 1240. The average Bonchev–Trinajstić information content (AvgIpc) is 3.43. The second-order valence-corrected chi connectivity index (χ2v) is 8.40. The van der Waals surface area contributed by atoms with Crippen molar-refractivity contribution in [3.05, 3.63) is 58.5 Å². The van der Waals surface area contributed by atoms with Crippen molar-refractivity contribution in [1.29, 1.82) is 0 Å². The van der Waals surface area contributed by atoms with Crippen LogP contribution in [-0.4, -0.2) is 39.5 Å². The molecule has 1 fully saturated rings. The Morgan fingerprint density at radius 3 is 2.81 bits per heavy atom. The van der Waals surface area contributed by atoms with Crippen molar-refractivity contribution in [3.8, 4) is 17.0 Å². The summed E-state index contributed by atoms with van der Waals surface area (Å²) in [6, 6.07) is 9.36. The third-order valence-electron chi connectivity index (χ3n) is 5.30. The molecule has 0 unspecified atom stereocenters. The fourth-order valence-electron chi connectivity index (χ4n) is 3.52. The molecule has 8 nitrogen and oxygen atoms in total. The molecule has 1 amide bonds. The number of ether oxygens (including phenoxy) is 1. The summed E-state index contributed by atoms with van der Waals surface area (Å²) in [4.78, 5) is 17.8. The summed E-state index contributed by atoms with van der Waals surface area (Å²) in [7, 11) is 1.62. The van der Waals surface area contributed by atoms with Gasteiger partial charge < -0.3 is 14.6 Å². The standard InChI is InChI=1S/C22H20BrN5O3/c1-30-16-6-4-14(5-7-16)20-19-17(10-18(13-2-3-13)26-22(19)31-27-20)21(29)24-8-9-28-12-15(23)11-25-28/h4-7,10-13H,2-3,8-9H2,1H3,(H,24,29). The van der Waals surface area contributed by atoms with E-state index in [1.54, 1.807) is 18.0 Å². The van der Waals surface area contributed by atoms with E-state index in [-0.39, 0.29) is 5.91 Å². The van der Waals surface area contributed by atoms with Crippen LogP contribution in [0.5, 0.6) is 5.75 Å². The van der Waals surface area contributed by atoms with Gasteiger partial charge in [0.15, 0.2) is 0 Å². The summed E-state index contributed by atoms with van der Waals surface area (Å²) in [5.74, 6) is 0.944.